The van der Waals surface area contributed by atoms with Crippen molar-refractivity contribution in [1.29, 1.82) is 0 Å². The molecule has 90 valence electrons. The number of likely N-dealkylation sites (N-methyl/N-ethyl adjacent to an activating group) is 1. The molecule has 0 fully saturated rings. The molecule has 0 bridgehead atoms. The van der Waals surface area contributed by atoms with Gasteiger partial charge in [0.25, 0.3) is 0 Å². The molecule has 2 N–H and O–H groups in total. The van der Waals surface area contributed by atoms with E-state index in [0.717, 1.165) is 24.2 Å². The standard InChI is InChI=1S/C12H19BrN2O/c1-15(7-9-16-8-6-14)10-11-4-2-3-5-12(11)13/h2-5H,6-10,14H2,1H3. The van der Waals surface area contributed by atoms with Gasteiger partial charge in [0.1, 0.15) is 0 Å². The van der Waals surface area contributed by atoms with E-state index in [2.05, 4.69) is 46.1 Å². The average molecular weight is 287 g/mol. The molecule has 0 radical (unpaired) electrons. The maximum Gasteiger partial charge on any atom is 0.0594 e. The van der Waals surface area contributed by atoms with Gasteiger partial charge in [-0.1, -0.05) is 34.1 Å². The second-order valence-corrected chi connectivity index (χ2v) is 4.58. The van der Waals surface area contributed by atoms with Crippen LogP contribution in [-0.4, -0.2) is 38.3 Å². The van der Waals surface area contributed by atoms with E-state index < -0.39 is 0 Å². The van der Waals surface area contributed by atoms with Gasteiger partial charge in [-0.05, 0) is 18.7 Å². The molecule has 0 aliphatic heterocycles. The Kier molecular flexibility index (Phi) is 6.64. The number of rotatable bonds is 7. The first-order valence-corrected chi connectivity index (χ1v) is 6.23. The van der Waals surface area contributed by atoms with Crippen LogP contribution in [0.5, 0.6) is 0 Å². The molecule has 1 rings (SSSR count). The van der Waals surface area contributed by atoms with Crippen molar-refractivity contribution in [2.75, 3.05) is 33.4 Å². The van der Waals surface area contributed by atoms with E-state index in [9.17, 15) is 0 Å². The summed E-state index contributed by atoms with van der Waals surface area (Å²) in [4.78, 5) is 2.23. The van der Waals surface area contributed by atoms with Gasteiger partial charge in [-0.15, -0.1) is 0 Å². The molecular weight excluding hydrogens is 268 g/mol. The lowest BCUT2D eigenvalue weighted by atomic mass is 10.2. The Hall–Kier alpha value is -0.420. The Morgan fingerprint density at radius 3 is 2.75 bits per heavy atom. The summed E-state index contributed by atoms with van der Waals surface area (Å²) in [5, 5.41) is 0. The van der Waals surface area contributed by atoms with Gasteiger partial charge < -0.3 is 10.5 Å². The minimum Gasteiger partial charge on any atom is -0.379 e. The molecule has 0 atom stereocenters. The van der Waals surface area contributed by atoms with Crippen LogP contribution in [0.25, 0.3) is 0 Å². The molecule has 0 heterocycles. The zero-order chi connectivity index (χ0) is 11.8. The van der Waals surface area contributed by atoms with Crippen LogP contribution in [0.4, 0.5) is 0 Å². The van der Waals surface area contributed by atoms with Crippen LogP contribution in [0.2, 0.25) is 0 Å². The monoisotopic (exact) mass is 286 g/mol. The molecule has 0 aliphatic rings. The highest BCUT2D eigenvalue weighted by molar-refractivity contribution is 9.10. The van der Waals surface area contributed by atoms with Crippen LogP contribution in [0, 0.1) is 0 Å². The van der Waals surface area contributed by atoms with Crippen molar-refractivity contribution >= 4 is 15.9 Å². The highest BCUT2D eigenvalue weighted by Gasteiger charge is 2.02. The first-order valence-electron chi connectivity index (χ1n) is 5.44. The quantitative estimate of drug-likeness (QED) is 0.778. The number of nitrogens with two attached hydrogens (primary N) is 1. The molecule has 0 saturated carbocycles. The fourth-order valence-electron chi connectivity index (χ4n) is 1.40. The van der Waals surface area contributed by atoms with Crippen LogP contribution in [0.15, 0.2) is 28.7 Å². The van der Waals surface area contributed by atoms with Crippen LogP contribution >= 0.6 is 15.9 Å². The van der Waals surface area contributed by atoms with Crippen molar-refractivity contribution in [3.63, 3.8) is 0 Å². The second kappa shape index (κ2) is 7.79. The van der Waals surface area contributed by atoms with E-state index in [1.54, 1.807) is 0 Å². The first-order chi connectivity index (χ1) is 7.74. The van der Waals surface area contributed by atoms with Gasteiger partial charge in [0.15, 0.2) is 0 Å². The number of ether oxygens (including phenoxy) is 1. The molecule has 1 aromatic rings. The third-order valence-corrected chi connectivity index (χ3v) is 3.05. The fraction of sp³-hybridized carbons (Fsp3) is 0.500. The molecule has 16 heavy (non-hydrogen) atoms. The number of hydrogen-bond acceptors (Lipinski definition) is 3. The van der Waals surface area contributed by atoms with Crippen LogP contribution in [0.1, 0.15) is 5.56 Å². The van der Waals surface area contributed by atoms with Gasteiger partial charge in [0, 0.05) is 24.1 Å². The summed E-state index contributed by atoms with van der Waals surface area (Å²) < 4.78 is 6.50. The van der Waals surface area contributed by atoms with Gasteiger partial charge in [-0.25, -0.2) is 0 Å². The van der Waals surface area contributed by atoms with Gasteiger partial charge in [0.2, 0.25) is 0 Å². The smallest absolute Gasteiger partial charge is 0.0594 e. The molecule has 0 aromatic heterocycles. The van der Waals surface area contributed by atoms with Crippen molar-refractivity contribution in [1.82, 2.24) is 4.90 Å². The van der Waals surface area contributed by atoms with Gasteiger partial charge in [0.05, 0.1) is 13.2 Å². The Labute approximate surface area is 106 Å². The van der Waals surface area contributed by atoms with Crippen LogP contribution in [-0.2, 0) is 11.3 Å². The largest absolute Gasteiger partial charge is 0.379 e. The SMILES string of the molecule is CN(CCOCCN)Cc1ccccc1Br. The summed E-state index contributed by atoms with van der Waals surface area (Å²) in [7, 11) is 2.09. The summed E-state index contributed by atoms with van der Waals surface area (Å²) >= 11 is 3.54. The molecule has 4 heteroatoms. The topological polar surface area (TPSA) is 38.5 Å². The Balaban J connectivity index is 2.28. The summed E-state index contributed by atoms with van der Waals surface area (Å²) in [5.74, 6) is 0. The van der Waals surface area contributed by atoms with Crippen molar-refractivity contribution in [2.24, 2.45) is 5.73 Å². The van der Waals surface area contributed by atoms with E-state index >= 15 is 0 Å². The molecular formula is C12H19BrN2O. The summed E-state index contributed by atoms with van der Waals surface area (Å²) in [5.41, 5.74) is 6.64. The molecule has 0 amide bonds. The van der Waals surface area contributed by atoms with Gasteiger partial charge >= 0.3 is 0 Å². The van der Waals surface area contributed by atoms with Gasteiger partial charge in [-0.2, -0.15) is 0 Å². The average Bonchev–Trinajstić information content (AvgIpc) is 2.28. The molecule has 0 aliphatic carbocycles. The maximum atomic E-state index is 5.34. The normalized spacial score (nSPS) is 11.0. The Morgan fingerprint density at radius 1 is 1.31 bits per heavy atom. The van der Waals surface area contributed by atoms with E-state index in [1.165, 1.54) is 5.56 Å². The molecule has 1 aromatic carbocycles. The molecule has 0 saturated heterocycles. The third-order valence-electron chi connectivity index (χ3n) is 2.28. The van der Waals surface area contributed by atoms with Crippen molar-refractivity contribution < 1.29 is 4.74 Å². The summed E-state index contributed by atoms with van der Waals surface area (Å²) in [6.45, 7) is 3.81. The predicted octanol–water partition coefficient (Wildman–Crippen LogP) is 1.86. The number of nitrogens with zero attached hydrogens (tertiary/aromatic N) is 1. The third kappa shape index (κ3) is 5.07. The van der Waals surface area contributed by atoms with Crippen molar-refractivity contribution in [2.45, 2.75) is 6.54 Å². The zero-order valence-electron chi connectivity index (χ0n) is 9.66. The minimum absolute atomic E-state index is 0.591. The van der Waals surface area contributed by atoms with Crippen LogP contribution < -0.4 is 5.73 Å². The van der Waals surface area contributed by atoms with E-state index in [0.29, 0.717) is 13.2 Å². The zero-order valence-corrected chi connectivity index (χ0v) is 11.2. The summed E-state index contributed by atoms with van der Waals surface area (Å²) in [6, 6.07) is 8.27. The lowest BCUT2D eigenvalue weighted by Crippen LogP contribution is -2.24. The maximum absolute atomic E-state index is 5.34. The molecule has 0 unspecified atom stereocenters. The Morgan fingerprint density at radius 2 is 2.06 bits per heavy atom. The lowest BCUT2D eigenvalue weighted by Gasteiger charge is -2.17. The van der Waals surface area contributed by atoms with Crippen molar-refractivity contribution in [3.05, 3.63) is 34.3 Å². The number of hydrogen-bond donors (Lipinski definition) is 1. The first kappa shape index (κ1) is 13.6. The van der Waals surface area contributed by atoms with Gasteiger partial charge in [-0.3, -0.25) is 4.90 Å². The predicted molar refractivity (Wildman–Crippen MR) is 70.3 cm³/mol. The van der Waals surface area contributed by atoms with E-state index in [-0.39, 0.29) is 0 Å². The van der Waals surface area contributed by atoms with E-state index in [1.807, 2.05) is 6.07 Å². The second-order valence-electron chi connectivity index (χ2n) is 3.73. The highest BCUT2D eigenvalue weighted by atomic mass is 79.9. The minimum atomic E-state index is 0.591. The summed E-state index contributed by atoms with van der Waals surface area (Å²) in [6.07, 6.45) is 0. The van der Waals surface area contributed by atoms with E-state index in [4.69, 9.17) is 10.5 Å². The molecule has 0 spiro atoms. The number of halogens is 1. The highest BCUT2D eigenvalue weighted by Crippen LogP contribution is 2.16. The Bertz CT molecular complexity index is 307. The molecule has 3 nitrogen and oxygen atoms in total. The number of benzene rings is 1. The lowest BCUT2D eigenvalue weighted by molar-refractivity contribution is 0.115. The van der Waals surface area contributed by atoms with Crippen molar-refractivity contribution in [3.8, 4) is 0 Å². The van der Waals surface area contributed by atoms with Crippen LogP contribution in [0.3, 0.4) is 0 Å². The fourth-order valence-corrected chi connectivity index (χ4v) is 1.81.